The number of benzene rings is 2. The molecule has 3 nitrogen and oxygen atoms in total. The van der Waals surface area contributed by atoms with Crippen LogP contribution in [0.3, 0.4) is 0 Å². The van der Waals surface area contributed by atoms with Crippen molar-refractivity contribution < 1.29 is 9.18 Å². The van der Waals surface area contributed by atoms with E-state index in [2.05, 4.69) is 16.8 Å². The predicted molar refractivity (Wildman–Crippen MR) is 110 cm³/mol. The number of hydrogen-bond acceptors (Lipinski definition) is 3. The van der Waals surface area contributed by atoms with Gasteiger partial charge in [0.1, 0.15) is 5.82 Å². The van der Waals surface area contributed by atoms with Crippen molar-refractivity contribution in [2.24, 2.45) is 5.92 Å². The molecule has 0 fully saturated rings. The van der Waals surface area contributed by atoms with Crippen LogP contribution in [0.15, 0.2) is 54.6 Å². The van der Waals surface area contributed by atoms with Crippen molar-refractivity contribution in [3.8, 4) is 11.8 Å². The monoisotopic (exact) mass is 390 g/mol. The first kappa shape index (κ1) is 18.4. The Bertz CT molecular complexity index is 1050. The van der Waals surface area contributed by atoms with Gasteiger partial charge in [0.2, 0.25) is 5.91 Å². The molecule has 1 amide bonds. The molecule has 1 aliphatic rings. The number of anilines is 1. The molecule has 4 rings (SSSR count). The molecule has 3 aromatic rings. The SMILES string of the molecule is CN1C(=O)C(Cc2ccc(F)cc2)Cc2sc(C#CCc3ccccc3)nc21. The standard InChI is InChI=1S/C23H19FN2OS/c1-26-22-20(15-18(23(26)27)14-17-10-12-19(24)13-11-17)28-21(25-22)9-5-8-16-6-3-2-4-7-16/h2-4,6-7,10-13,18H,8,14-15H2,1H3. The number of fused-ring (bicyclic) bond motifs is 1. The molecule has 1 aromatic heterocycles. The average Bonchev–Trinajstić information content (AvgIpc) is 3.11. The van der Waals surface area contributed by atoms with Crippen molar-refractivity contribution >= 4 is 23.1 Å². The number of carbonyl (C=O) groups excluding carboxylic acids is 1. The Morgan fingerprint density at radius 1 is 1.14 bits per heavy atom. The molecule has 1 unspecified atom stereocenters. The van der Waals surface area contributed by atoms with Gasteiger partial charge in [-0.05, 0) is 42.0 Å². The van der Waals surface area contributed by atoms with E-state index in [0.29, 0.717) is 19.3 Å². The quantitative estimate of drug-likeness (QED) is 0.627. The van der Waals surface area contributed by atoms with Gasteiger partial charge in [0, 0.05) is 19.4 Å². The van der Waals surface area contributed by atoms with Crippen LogP contribution >= 0.6 is 11.3 Å². The molecule has 1 atom stereocenters. The first-order valence-corrected chi connectivity index (χ1v) is 9.96. The summed E-state index contributed by atoms with van der Waals surface area (Å²) in [6, 6.07) is 16.4. The highest BCUT2D eigenvalue weighted by atomic mass is 32.1. The first-order chi connectivity index (χ1) is 13.6. The Morgan fingerprint density at radius 3 is 2.64 bits per heavy atom. The highest BCUT2D eigenvalue weighted by molar-refractivity contribution is 7.12. The second-order valence-electron chi connectivity index (χ2n) is 6.86. The van der Waals surface area contributed by atoms with Gasteiger partial charge in [-0.25, -0.2) is 9.37 Å². The third kappa shape index (κ3) is 3.97. The summed E-state index contributed by atoms with van der Waals surface area (Å²) < 4.78 is 13.1. The Kier molecular flexibility index (Phi) is 5.23. The van der Waals surface area contributed by atoms with E-state index in [9.17, 15) is 9.18 Å². The number of aromatic nitrogens is 1. The van der Waals surface area contributed by atoms with Gasteiger partial charge in [-0.2, -0.15) is 0 Å². The summed E-state index contributed by atoms with van der Waals surface area (Å²) in [5.74, 6) is 6.64. The lowest BCUT2D eigenvalue weighted by Crippen LogP contribution is -2.39. The molecule has 2 heterocycles. The van der Waals surface area contributed by atoms with E-state index in [4.69, 9.17) is 0 Å². The Morgan fingerprint density at radius 2 is 1.89 bits per heavy atom. The molecular formula is C23H19FN2OS. The molecule has 0 saturated heterocycles. The molecule has 0 spiro atoms. The van der Waals surface area contributed by atoms with Crippen LogP contribution in [0.25, 0.3) is 0 Å². The van der Waals surface area contributed by atoms with E-state index in [1.54, 1.807) is 35.4 Å². The fraction of sp³-hybridized carbons (Fsp3) is 0.217. The minimum absolute atomic E-state index is 0.0471. The maximum atomic E-state index is 13.1. The van der Waals surface area contributed by atoms with Crippen molar-refractivity contribution in [1.29, 1.82) is 0 Å². The van der Waals surface area contributed by atoms with E-state index in [1.807, 2.05) is 30.3 Å². The van der Waals surface area contributed by atoms with Crippen molar-refractivity contribution in [2.45, 2.75) is 19.3 Å². The van der Waals surface area contributed by atoms with Gasteiger partial charge in [-0.1, -0.05) is 48.4 Å². The number of nitrogens with zero attached hydrogens (tertiary/aromatic N) is 2. The predicted octanol–water partition coefficient (Wildman–Crippen LogP) is 4.25. The average molecular weight is 390 g/mol. The lowest BCUT2D eigenvalue weighted by atomic mass is 9.92. The van der Waals surface area contributed by atoms with Gasteiger partial charge in [-0.3, -0.25) is 9.69 Å². The number of amides is 1. The molecular weight excluding hydrogens is 371 g/mol. The molecule has 1 aliphatic heterocycles. The van der Waals surface area contributed by atoms with Gasteiger partial charge >= 0.3 is 0 Å². The van der Waals surface area contributed by atoms with E-state index in [1.165, 1.54) is 17.7 Å². The highest BCUT2D eigenvalue weighted by Gasteiger charge is 2.33. The van der Waals surface area contributed by atoms with Gasteiger partial charge in [0.25, 0.3) is 0 Å². The van der Waals surface area contributed by atoms with Crippen LogP contribution in [0.2, 0.25) is 0 Å². The Labute approximate surface area is 167 Å². The minimum atomic E-state index is -0.265. The lowest BCUT2D eigenvalue weighted by molar-refractivity contribution is -0.122. The Balaban J connectivity index is 1.50. The van der Waals surface area contributed by atoms with E-state index >= 15 is 0 Å². The van der Waals surface area contributed by atoms with Gasteiger partial charge in [-0.15, -0.1) is 11.3 Å². The molecule has 0 bridgehead atoms. The zero-order chi connectivity index (χ0) is 19.5. The van der Waals surface area contributed by atoms with Gasteiger partial charge in [0.15, 0.2) is 10.8 Å². The van der Waals surface area contributed by atoms with Crippen LogP contribution in [0.1, 0.15) is 21.0 Å². The Hall–Kier alpha value is -2.97. The van der Waals surface area contributed by atoms with Crippen molar-refractivity contribution in [2.75, 3.05) is 11.9 Å². The second-order valence-corrected chi connectivity index (χ2v) is 7.94. The molecule has 140 valence electrons. The summed E-state index contributed by atoms with van der Waals surface area (Å²) in [5, 5.41) is 0.739. The molecule has 5 heteroatoms. The van der Waals surface area contributed by atoms with Crippen LogP contribution in [-0.4, -0.2) is 17.9 Å². The summed E-state index contributed by atoms with van der Waals surface area (Å²) in [4.78, 5) is 20.0. The fourth-order valence-electron chi connectivity index (χ4n) is 3.36. The topological polar surface area (TPSA) is 33.2 Å². The molecule has 0 N–H and O–H groups in total. The summed E-state index contributed by atoms with van der Waals surface area (Å²) >= 11 is 1.55. The van der Waals surface area contributed by atoms with Crippen molar-refractivity contribution in [3.05, 3.63) is 81.4 Å². The smallest absolute Gasteiger partial charge is 0.231 e. The largest absolute Gasteiger partial charge is 0.299 e. The summed E-state index contributed by atoms with van der Waals surface area (Å²) in [7, 11) is 1.76. The summed E-state index contributed by atoms with van der Waals surface area (Å²) in [6.45, 7) is 0. The first-order valence-electron chi connectivity index (χ1n) is 9.14. The number of halogens is 1. The second kappa shape index (κ2) is 7.95. The molecule has 0 aliphatic carbocycles. The van der Waals surface area contributed by atoms with E-state index < -0.39 is 0 Å². The molecule has 0 saturated carbocycles. The van der Waals surface area contributed by atoms with Crippen LogP contribution in [0, 0.1) is 23.6 Å². The van der Waals surface area contributed by atoms with Crippen LogP contribution < -0.4 is 4.90 Å². The van der Waals surface area contributed by atoms with Gasteiger partial charge < -0.3 is 0 Å². The third-order valence-corrected chi connectivity index (χ3v) is 5.81. The fourth-order valence-corrected chi connectivity index (χ4v) is 4.41. The highest BCUT2D eigenvalue weighted by Crippen LogP contribution is 2.34. The third-order valence-electron chi connectivity index (χ3n) is 4.83. The van der Waals surface area contributed by atoms with Crippen molar-refractivity contribution in [1.82, 2.24) is 4.98 Å². The molecule has 2 aromatic carbocycles. The summed E-state index contributed by atoms with van der Waals surface area (Å²) in [5.41, 5.74) is 2.13. The van der Waals surface area contributed by atoms with E-state index in [0.717, 1.165) is 21.3 Å². The number of rotatable bonds is 3. The summed E-state index contributed by atoms with van der Waals surface area (Å²) in [6.07, 6.45) is 1.91. The maximum Gasteiger partial charge on any atom is 0.231 e. The normalized spacial score (nSPS) is 15.7. The minimum Gasteiger partial charge on any atom is -0.299 e. The number of hydrogen-bond donors (Lipinski definition) is 0. The number of carbonyl (C=O) groups is 1. The van der Waals surface area contributed by atoms with Crippen molar-refractivity contribution in [3.63, 3.8) is 0 Å². The zero-order valence-corrected chi connectivity index (χ0v) is 16.3. The number of thiazole rings is 1. The lowest BCUT2D eigenvalue weighted by Gasteiger charge is -2.28. The van der Waals surface area contributed by atoms with Crippen LogP contribution in [0.5, 0.6) is 0 Å². The van der Waals surface area contributed by atoms with E-state index in [-0.39, 0.29) is 17.6 Å². The molecule has 28 heavy (non-hydrogen) atoms. The molecule has 0 radical (unpaired) electrons. The zero-order valence-electron chi connectivity index (χ0n) is 15.5. The van der Waals surface area contributed by atoms with Crippen LogP contribution in [0.4, 0.5) is 10.2 Å². The maximum absolute atomic E-state index is 13.1. The van der Waals surface area contributed by atoms with Crippen LogP contribution in [-0.2, 0) is 24.1 Å². The van der Waals surface area contributed by atoms with Gasteiger partial charge in [0.05, 0.1) is 4.88 Å².